The molecule has 0 aromatic heterocycles. The molecular formula is C14H20N2. The van der Waals surface area contributed by atoms with E-state index >= 15 is 0 Å². The Balaban J connectivity index is 2.73. The summed E-state index contributed by atoms with van der Waals surface area (Å²) < 4.78 is 0. The summed E-state index contributed by atoms with van der Waals surface area (Å²) in [4.78, 5) is 2.43. The highest BCUT2D eigenvalue weighted by atomic mass is 15.1. The maximum Gasteiger partial charge on any atom is 0.0991 e. The fourth-order valence-electron chi connectivity index (χ4n) is 1.78. The van der Waals surface area contributed by atoms with Crippen LogP contribution in [0.5, 0.6) is 0 Å². The van der Waals surface area contributed by atoms with Gasteiger partial charge in [-0.15, -0.1) is 0 Å². The van der Waals surface area contributed by atoms with Crippen LogP contribution < -0.4 is 0 Å². The summed E-state index contributed by atoms with van der Waals surface area (Å²) in [6.45, 7) is 8.66. The summed E-state index contributed by atoms with van der Waals surface area (Å²) in [5.74, 6) is 0. The van der Waals surface area contributed by atoms with Crippen molar-refractivity contribution in [3.05, 3.63) is 35.4 Å². The van der Waals surface area contributed by atoms with Crippen molar-refractivity contribution in [3.63, 3.8) is 0 Å². The lowest BCUT2D eigenvalue weighted by Crippen LogP contribution is -2.30. The van der Waals surface area contributed by atoms with E-state index in [9.17, 15) is 0 Å². The maximum absolute atomic E-state index is 8.85. The quantitative estimate of drug-likeness (QED) is 0.756. The number of rotatable bonds is 5. The lowest BCUT2D eigenvalue weighted by molar-refractivity contribution is 0.213. The standard InChI is InChI=1S/C14H20N2/c1-4-8-16(12(2)3)11-14-7-5-6-13(9-14)10-15/h5-7,9,12H,4,8,11H2,1-3H3. The first-order chi connectivity index (χ1) is 7.67. The van der Waals surface area contributed by atoms with Crippen LogP contribution in [0.15, 0.2) is 24.3 Å². The van der Waals surface area contributed by atoms with Crippen molar-refractivity contribution in [2.45, 2.75) is 39.8 Å². The molecule has 0 spiro atoms. The van der Waals surface area contributed by atoms with Crippen molar-refractivity contribution >= 4 is 0 Å². The number of hydrogen-bond acceptors (Lipinski definition) is 2. The summed E-state index contributed by atoms with van der Waals surface area (Å²) in [6, 6.07) is 10.6. The van der Waals surface area contributed by atoms with E-state index in [-0.39, 0.29) is 0 Å². The van der Waals surface area contributed by atoms with E-state index in [2.05, 4.69) is 37.8 Å². The molecule has 0 aliphatic rings. The molecule has 2 nitrogen and oxygen atoms in total. The Morgan fingerprint density at radius 2 is 2.12 bits per heavy atom. The van der Waals surface area contributed by atoms with Gasteiger partial charge in [0.15, 0.2) is 0 Å². The molecule has 1 aromatic carbocycles. The summed E-state index contributed by atoms with van der Waals surface area (Å²) in [7, 11) is 0. The molecule has 0 N–H and O–H groups in total. The van der Waals surface area contributed by atoms with E-state index < -0.39 is 0 Å². The van der Waals surface area contributed by atoms with Crippen molar-refractivity contribution < 1.29 is 0 Å². The van der Waals surface area contributed by atoms with Crippen LogP contribution in [0.3, 0.4) is 0 Å². The first kappa shape index (κ1) is 12.7. The second-order valence-corrected chi connectivity index (χ2v) is 4.38. The van der Waals surface area contributed by atoms with Crippen molar-refractivity contribution in [3.8, 4) is 6.07 Å². The van der Waals surface area contributed by atoms with Gasteiger partial charge >= 0.3 is 0 Å². The molecule has 0 radical (unpaired) electrons. The molecule has 0 saturated heterocycles. The molecular weight excluding hydrogens is 196 g/mol. The predicted molar refractivity (Wildman–Crippen MR) is 67.0 cm³/mol. The molecule has 0 fully saturated rings. The summed E-state index contributed by atoms with van der Waals surface area (Å²) in [6.07, 6.45) is 1.16. The van der Waals surface area contributed by atoms with Gasteiger partial charge in [-0.2, -0.15) is 5.26 Å². The molecule has 0 bridgehead atoms. The minimum absolute atomic E-state index is 0.547. The topological polar surface area (TPSA) is 27.0 Å². The van der Waals surface area contributed by atoms with Gasteiger partial charge in [-0.05, 0) is 44.5 Å². The second kappa shape index (κ2) is 6.30. The van der Waals surface area contributed by atoms with Crippen molar-refractivity contribution in [1.82, 2.24) is 4.90 Å². The summed E-state index contributed by atoms with van der Waals surface area (Å²) in [5.41, 5.74) is 1.97. The second-order valence-electron chi connectivity index (χ2n) is 4.38. The number of nitrogens with zero attached hydrogens (tertiary/aromatic N) is 2. The van der Waals surface area contributed by atoms with E-state index in [4.69, 9.17) is 5.26 Å². The number of hydrogen-bond donors (Lipinski definition) is 0. The van der Waals surface area contributed by atoms with Crippen molar-refractivity contribution in [1.29, 1.82) is 5.26 Å². The largest absolute Gasteiger partial charge is 0.297 e. The van der Waals surface area contributed by atoms with Crippen LogP contribution in [0.2, 0.25) is 0 Å². The fourth-order valence-corrected chi connectivity index (χ4v) is 1.78. The molecule has 16 heavy (non-hydrogen) atoms. The van der Waals surface area contributed by atoms with Crippen molar-refractivity contribution in [2.75, 3.05) is 6.54 Å². The van der Waals surface area contributed by atoms with Crippen molar-refractivity contribution in [2.24, 2.45) is 0 Å². The third kappa shape index (κ3) is 3.67. The van der Waals surface area contributed by atoms with Gasteiger partial charge in [-0.3, -0.25) is 4.90 Å². The van der Waals surface area contributed by atoms with Gasteiger partial charge in [-0.1, -0.05) is 19.1 Å². The minimum atomic E-state index is 0.547. The van der Waals surface area contributed by atoms with Crippen LogP contribution in [0, 0.1) is 11.3 Å². The zero-order valence-corrected chi connectivity index (χ0v) is 10.4. The lowest BCUT2D eigenvalue weighted by Gasteiger charge is -2.26. The van der Waals surface area contributed by atoms with E-state index in [0.29, 0.717) is 6.04 Å². The molecule has 0 unspecified atom stereocenters. The fraction of sp³-hybridized carbons (Fsp3) is 0.500. The molecule has 0 amide bonds. The highest BCUT2D eigenvalue weighted by Crippen LogP contribution is 2.10. The maximum atomic E-state index is 8.85. The molecule has 2 heteroatoms. The zero-order chi connectivity index (χ0) is 12.0. The van der Waals surface area contributed by atoms with E-state index in [0.717, 1.165) is 25.1 Å². The predicted octanol–water partition coefficient (Wildman–Crippen LogP) is 3.18. The van der Waals surface area contributed by atoms with E-state index in [1.807, 2.05) is 18.2 Å². The first-order valence-corrected chi connectivity index (χ1v) is 5.90. The zero-order valence-electron chi connectivity index (χ0n) is 10.4. The Kier molecular flexibility index (Phi) is 5.01. The Hall–Kier alpha value is -1.33. The summed E-state index contributed by atoms with van der Waals surface area (Å²) >= 11 is 0. The average molecular weight is 216 g/mol. The number of benzene rings is 1. The third-order valence-corrected chi connectivity index (χ3v) is 2.68. The van der Waals surface area contributed by atoms with Crippen LogP contribution in [-0.4, -0.2) is 17.5 Å². The Bertz CT molecular complexity index is 363. The highest BCUT2D eigenvalue weighted by molar-refractivity contribution is 5.32. The molecule has 0 atom stereocenters. The van der Waals surface area contributed by atoms with Gasteiger partial charge in [0.05, 0.1) is 11.6 Å². The van der Waals surface area contributed by atoms with Crippen LogP contribution in [0.25, 0.3) is 0 Å². The Labute approximate surface area is 98.5 Å². The highest BCUT2D eigenvalue weighted by Gasteiger charge is 2.08. The molecule has 86 valence electrons. The average Bonchev–Trinajstić information content (AvgIpc) is 2.28. The minimum Gasteiger partial charge on any atom is -0.297 e. The third-order valence-electron chi connectivity index (χ3n) is 2.68. The molecule has 1 rings (SSSR count). The molecule has 0 saturated carbocycles. The number of nitriles is 1. The smallest absolute Gasteiger partial charge is 0.0991 e. The van der Waals surface area contributed by atoms with Gasteiger partial charge in [0, 0.05) is 12.6 Å². The Morgan fingerprint density at radius 3 is 2.69 bits per heavy atom. The van der Waals surface area contributed by atoms with Gasteiger partial charge in [-0.25, -0.2) is 0 Å². The monoisotopic (exact) mass is 216 g/mol. The summed E-state index contributed by atoms with van der Waals surface area (Å²) in [5, 5.41) is 8.85. The van der Waals surface area contributed by atoms with Crippen LogP contribution in [0.4, 0.5) is 0 Å². The van der Waals surface area contributed by atoms with Crippen LogP contribution in [-0.2, 0) is 6.54 Å². The van der Waals surface area contributed by atoms with E-state index in [1.54, 1.807) is 0 Å². The normalized spacial score (nSPS) is 10.8. The molecule has 0 aliphatic carbocycles. The molecule has 1 aromatic rings. The Morgan fingerprint density at radius 1 is 1.38 bits per heavy atom. The lowest BCUT2D eigenvalue weighted by atomic mass is 10.1. The van der Waals surface area contributed by atoms with Gasteiger partial charge in [0.2, 0.25) is 0 Å². The van der Waals surface area contributed by atoms with Crippen LogP contribution >= 0.6 is 0 Å². The van der Waals surface area contributed by atoms with E-state index in [1.165, 1.54) is 5.56 Å². The SMILES string of the molecule is CCCN(Cc1cccc(C#N)c1)C(C)C. The van der Waals surface area contributed by atoms with Gasteiger partial charge in [0.25, 0.3) is 0 Å². The molecule has 0 aliphatic heterocycles. The van der Waals surface area contributed by atoms with Crippen LogP contribution in [0.1, 0.15) is 38.3 Å². The van der Waals surface area contributed by atoms with Gasteiger partial charge < -0.3 is 0 Å². The van der Waals surface area contributed by atoms with Gasteiger partial charge in [0.1, 0.15) is 0 Å². The first-order valence-electron chi connectivity index (χ1n) is 5.90. The molecule has 0 heterocycles.